The van der Waals surface area contributed by atoms with E-state index >= 15 is 0 Å². The average molecular weight is 183 g/mol. The summed E-state index contributed by atoms with van der Waals surface area (Å²) in [6.07, 6.45) is -4.44. The smallest absolute Gasteiger partial charge is 0.403 e. The van der Waals surface area contributed by atoms with Crippen molar-refractivity contribution < 1.29 is 23.1 Å². The van der Waals surface area contributed by atoms with Gasteiger partial charge in [-0.05, 0) is 12.8 Å². The summed E-state index contributed by atoms with van der Waals surface area (Å²) < 4.78 is 35.8. The third kappa shape index (κ3) is 1.88. The van der Waals surface area contributed by atoms with E-state index in [2.05, 4.69) is 0 Å². The van der Waals surface area contributed by atoms with E-state index in [1.807, 2.05) is 5.32 Å². The van der Waals surface area contributed by atoms with Crippen LogP contribution < -0.4 is 5.32 Å². The zero-order chi connectivity index (χ0) is 9.35. The molecule has 1 rings (SSSR count). The lowest BCUT2D eigenvalue weighted by Gasteiger charge is -2.14. The molecule has 2 atom stereocenters. The number of rotatable bonds is 1. The Morgan fingerprint density at radius 3 is 2.25 bits per heavy atom. The summed E-state index contributed by atoms with van der Waals surface area (Å²) in [4.78, 5) is 10.2. The van der Waals surface area contributed by atoms with Crippen LogP contribution in [-0.2, 0) is 4.79 Å². The fourth-order valence-corrected chi connectivity index (χ4v) is 1.20. The quantitative estimate of drug-likeness (QED) is 0.630. The molecule has 0 saturated carbocycles. The normalized spacial score (nSPS) is 30.6. The van der Waals surface area contributed by atoms with Crippen molar-refractivity contribution in [3.05, 3.63) is 0 Å². The molecule has 1 fully saturated rings. The molecule has 0 aromatic rings. The fourth-order valence-electron chi connectivity index (χ4n) is 1.20. The molecule has 6 heteroatoms. The molecule has 0 aromatic carbocycles. The Morgan fingerprint density at radius 1 is 1.42 bits per heavy atom. The molecule has 0 bridgehead atoms. The van der Waals surface area contributed by atoms with E-state index in [9.17, 15) is 18.0 Å². The van der Waals surface area contributed by atoms with Gasteiger partial charge in [-0.2, -0.15) is 13.2 Å². The van der Waals surface area contributed by atoms with Crippen LogP contribution in [0, 0.1) is 0 Å². The molecule has 3 nitrogen and oxygen atoms in total. The van der Waals surface area contributed by atoms with Gasteiger partial charge in [0.05, 0.1) is 0 Å². The minimum atomic E-state index is -4.33. The summed E-state index contributed by atoms with van der Waals surface area (Å²) in [7, 11) is 0. The molecule has 0 unspecified atom stereocenters. The number of alkyl halides is 3. The molecular formula is C6H8F3NO2. The van der Waals surface area contributed by atoms with Crippen LogP contribution in [0.3, 0.4) is 0 Å². The van der Waals surface area contributed by atoms with Crippen LogP contribution in [0.2, 0.25) is 0 Å². The predicted molar refractivity (Wildman–Crippen MR) is 33.6 cm³/mol. The van der Waals surface area contributed by atoms with Gasteiger partial charge in [-0.1, -0.05) is 0 Å². The maximum absolute atomic E-state index is 11.9. The molecule has 0 aliphatic carbocycles. The van der Waals surface area contributed by atoms with Crippen molar-refractivity contribution in [1.29, 1.82) is 0 Å². The van der Waals surface area contributed by atoms with E-state index in [4.69, 9.17) is 5.11 Å². The summed E-state index contributed by atoms with van der Waals surface area (Å²) in [5, 5.41) is 10.4. The van der Waals surface area contributed by atoms with E-state index in [1.54, 1.807) is 0 Å². The van der Waals surface area contributed by atoms with Crippen molar-refractivity contribution in [2.45, 2.75) is 31.1 Å². The Bertz CT molecular complexity index is 192. The molecule has 0 spiro atoms. The first-order valence-electron chi connectivity index (χ1n) is 3.47. The highest BCUT2D eigenvalue weighted by Crippen LogP contribution is 2.28. The Labute approximate surface area is 66.6 Å². The van der Waals surface area contributed by atoms with E-state index in [-0.39, 0.29) is 12.8 Å². The van der Waals surface area contributed by atoms with Gasteiger partial charge in [-0.15, -0.1) is 0 Å². The molecular weight excluding hydrogens is 175 g/mol. The van der Waals surface area contributed by atoms with Crippen LogP contribution >= 0.6 is 0 Å². The molecule has 2 N–H and O–H groups in total. The van der Waals surface area contributed by atoms with Crippen molar-refractivity contribution in [3.8, 4) is 0 Å². The van der Waals surface area contributed by atoms with Crippen LogP contribution in [0.25, 0.3) is 0 Å². The summed E-state index contributed by atoms with van der Waals surface area (Å²) in [5.41, 5.74) is 0. The molecule has 70 valence electrons. The first-order chi connectivity index (χ1) is 5.41. The number of hydrogen-bond donors (Lipinski definition) is 2. The van der Waals surface area contributed by atoms with Crippen molar-refractivity contribution in [1.82, 2.24) is 5.32 Å². The Hall–Kier alpha value is -0.780. The molecule has 0 aromatic heterocycles. The third-order valence-corrected chi connectivity index (χ3v) is 1.84. The summed E-state index contributed by atoms with van der Waals surface area (Å²) in [6.45, 7) is 0. The number of halogens is 3. The van der Waals surface area contributed by atoms with Crippen LogP contribution in [0.15, 0.2) is 0 Å². The zero-order valence-electron chi connectivity index (χ0n) is 6.06. The molecule has 1 saturated heterocycles. The topological polar surface area (TPSA) is 49.3 Å². The van der Waals surface area contributed by atoms with Crippen LogP contribution in [-0.4, -0.2) is 29.3 Å². The molecule has 1 heterocycles. The second-order valence-electron chi connectivity index (χ2n) is 2.73. The van der Waals surface area contributed by atoms with Crippen LogP contribution in [0.1, 0.15) is 12.8 Å². The molecule has 1 aliphatic rings. The van der Waals surface area contributed by atoms with Crippen molar-refractivity contribution in [3.63, 3.8) is 0 Å². The van der Waals surface area contributed by atoms with Gasteiger partial charge in [0.2, 0.25) is 0 Å². The maximum atomic E-state index is 11.9. The van der Waals surface area contributed by atoms with Gasteiger partial charge in [0.25, 0.3) is 0 Å². The first kappa shape index (κ1) is 9.31. The summed E-state index contributed by atoms with van der Waals surface area (Å²) in [6, 6.07) is -2.70. The van der Waals surface area contributed by atoms with Gasteiger partial charge in [0.1, 0.15) is 12.1 Å². The van der Waals surface area contributed by atoms with Crippen molar-refractivity contribution >= 4 is 5.97 Å². The zero-order valence-corrected chi connectivity index (χ0v) is 6.06. The second kappa shape index (κ2) is 2.93. The van der Waals surface area contributed by atoms with Gasteiger partial charge in [-0.3, -0.25) is 10.1 Å². The Morgan fingerprint density at radius 2 is 2.00 bits per heavy atom. The van der Waals surface area contributed by atoms with Crippen LogP contribution in [0.4, 0.5) is 13.2 Å². The monoisotopic (exact) mass is 183 g/mol. The van der Waals surface area contributed by atoms with Crippen molar-refractivity contribution in [2.24, 2.45) is 0 Å². The van der Waals surface area contributed by atoms with Crippen LogP contribution in [0.5, 0.6) is 0 Å². The highest BCUT2D eigenvalue weighted by molar-refractivity contribution is 5.73. The van der Waals surface area contributed by atoms with E-state index in [0.717, 1.165) is 0 Å². The number of nitrogens with one attached hydrogen (secondary N) is 1. The summed E-state index contributed by atoms with van der Waals surface area (Å²) >= 11 is 0. The lowest BCUT2D eigenvalue weighted by atomic mass is 10.2. The van der Waals surface area contributed by atoms with E-state index in [1.165, 1.54) is 0 Å². The Balaban J connectivity index is 2.51. The lowest BCUT2D eigenvalue weighted by molar-refractivity contribution is -0.154. The number of hydrogen-bond acceptors (Lipinski definition) is 2. The molecule has 1 aliphatic heterocycles. The SMILES string of the molecule is O=C(O)[C@H]1CC[C@@H](C(F)(F)F)N1. The van der Waals surface area contributed by atoms with Gasteiger partial charge < -0.3 is 5.11 Å². The second-order valence-corrected chi connectivity index (χ2v) is 2.73. The highest BCUT2D eigenvalue weighted by atomic mass is 19.4. The first-order valence-corrected chi connectivity index (χ1v) is 3.47. The highest BCUT2D eigenvalue weighted by Gasteiger charge is 2.45. The molecule has 0 radical (unpaired) electrons. The fraction of sp³-hybridized carbons (Fsp3) is 0.833. The van der Waals surface area contributed by atoms with Gasteiger partial charge >= 0.3 is 12.1 Å². The number of carboxylic acids is 1. The largest absolute Gasteiger partial charge is 0.480 e. The lowest BCUT2D eigenvalue weighted by Crippen LogP contribution is -2.43. The molecule has 0 amide bonds. The van der Waals surface area contributed by atoms with E-state index < -0.39 is 24.2 Å². The van der Waals surface area contributed by atoms with Crippen molar-refractivity contribution in [2.75, 3.05) is 0 Å². The minimum Gasteiger partial charge on any atom is -0.480 e. The molecule has 12 heavy (non-hydrogen) atoms. The standard InChI is InChI=1S/C6H8F3NO2/c7-6(8,9)4-2-1-3(10-4)5(11)12/h3-4,10H,1-2H2,(H,11,12)/t3-,4+/m1/s1. The Kier molecular flexibility index (Phi) is 2.27. The van der Waals surface area contributed by atoms with Gasteiger partial charge in [0.15, 0.2) is 0 Å². The van der Waals surface area contributed by atoms with E-state index in [0.29, 0.717) is 0 Å². The van der Waals surface area contributed by atoms with Gasteiger partial charge in [-0.25, -0.2) is 0 Å². The minimum absolute atomic E-state index is 0.0412. The third-order valence-electron chi connectivity index (χ3n) is 1.84. The average Bonchev–Trinajstić information content (AvgIpc) is 2.30. The number of carboxylic acid groups (broad SMARTS) is 1. The number of carbonyl (C=O) groups is 1. The maximum Gasteiger partial charge on any atom is 0.403 e. The predicted octanol–water partition coefficient (Wildman–Crippen LogP) is 0.754. The number of aliphatic carboxylic acids is 1. The van der Waals surface area contributed by atoms with Gasteiger partial charge in [0, 0.05) is 0 Å². The summed E-state index contributed by atoms with van der Waals surface area (Å²) in [5.74, 6) is -1.22.